The van der Waals surface area contributed by atoms with Crippen molar-refractivity contribution in [3.05, 3.63) is 36.0 Å². The maximum atomic E-state index is 11.5. The summed E-state index contributed by atoms with van der Waals surface area (Å²) in [5.74, 6) is -0.344. The number of Topliss-reactive ketones (excluding diaryl/α,β-unsaturated/α-hetero) is 1. The number of esters is 1. The number of cyclic esters (lactones) is 1. The van der Waals surface area contributed by atoms with Gasteiger partial charge in [-0.15, -0.1) is 0 Å². The summed E-state index contributed by atoms with van der Waals surface area (Å²) >= 11 is 0. The Hall–Kier alpha value is -2.50. The minimum Gasteiger partial charge on any atom is -0.493 e. The predicted octanol–water partition coefficient (Wildman–Crippen LogP) is 1.09. The average molecular weight is 305 g/mol. The van der Waals surface area contributed by atoms with Gasteiger partial charge in [0, 0.05) is 12.2 Å². The summed E-state index contributed by atoms with van der Waals surface area (Å²) in [5.41, 5.74) is 1.42. The average Bonchev–Trinajstić information content (AvgIpc) is 2.86. The van der Waals surface area contributed by atoms with Crippen LogP contribution in [0.3, 0.4) is 0 Å². The van der Waals surface area contributed by atoms with Gasteiger partial charge in [0.2, 0.25) is 0 Å². The number of hydrogen-bond donors (Lipinski definition) is 1. The van der Waals surface area contributed by atoms with Crippen LogP contribution in [-0.2, 0) is 20.7 Å². The quantitative estimate of drug-likeness (QED) is 0.600. The van der Waals surface area contributed by atoms with Crippen molar-refractivity contribution in [2.24, 2.45) is 5.92 Å². The van der Waals surface area contributed by atoms with Crippen LogP contribution in [0.4, 0.5) is 0 Å². The lowest BCUT2D eigenvalue weighted by atomic mass is 10.0. The number of carbonyl (C=O) groups excluding carboxylic acids is 2. The highest BCUT2D eigenvalue weighted by Gasteiger charge is 2.37. The zero-order chi connectivity index (χ0) is 16.1. The van der Waals surface area contributed by atoms with Crippen LogP contribution in [0.25, 0.3) is 0 Å². The van der Waals surface area contributed by atoms with E-state index in [1.165, 1.54) is 0 Å². The van der Waals surface area contributed by atoms with E-state index in [1.54, 1.807) is 14.2 Å². The molecule has 1 saturated heterocycles. The lowest BCUT2D eigenvalue weighted by Crippen LogP contribution is -2.28. The van der Waals surface area contributed by atoms with Gasteiger partial charge < -0.3 is 19.5 Å². The van der Waals surface area contributed by atoms with Crippen LogP contribution in [0.1, 0.15) is 5.56 Å². The minimum atomic E-state index is -0.884. The Bertz CT molecular complexity index is 580. The van der Waals surface area contributed by atoms with E-state index in [0.29, 0.717) is 30.2 Å². The molecule has 118 valence electrons. The van der Waals surface area contributed by atoms with Crippen LogP contribution >= 0.6 is 0 Å². The Morgan fingerprint density at radius 3 is 2.64 bits per heavy atom. The van der Waals surface area contributed by atoms with E-state index in [4.69, 9.17) is 14.2 Å². The molecule has 1 aliphatic rings. The van der Waals surface area contributed by atoms with Crippen molar-refractivity contribution < 1.29 is 23.8 Å². The van der Waals surface area contributed by atoms with Crippen LogP contribution < -0.4 is 14.8 Å². The molecule has 6 nitrogen and oxygen atoms in total. The maximum absolute atomic E-state index is 11.5. The molecule has 2 rings (SSSR count). The summed E-state index contributed by atoms with van der Waals surface area (Å²) in [5, 5.41) is 3.01. The number of ketones is 1. The summed E-state index contributed by atoms with van der Waals surface area (Å²) in [6, 6.07) is 5.65. The van der Waals surface area contributed by atoms with Crippen LogP contribution in [0, 0.1) is 5.92 Å². The van der Waals surface area contributed by atoms with Gasteiger partial charge in [0.05, 0.1) is 14.2 Å². The molecule has 0 bridgehead atoms. The molecule has 1 aromatic carbocycles. The lowest BCUT2D eigenvalue weighted by Gasteiger charge is -2.13. The molecule has 0 amide bonds. The zero-order valence-electron chi connectivity index (χ0n) is 12.7. The first-order chi connectivity index (χ1) is 10.6. The first-order valence-electron chi connectivity index (χ1n) is 6.89. The smallest absolute Gasteiger partial charge is 0.323 e. The van der Waals surface area contributed by atoms with Gasteiger partial charge in [-0.2, -0.15) is 0 Å². The molecule has 0 aliphatic carbocycles. The first kappa shape index (κ1) is 15.9. The second-order valence-corrected chi connectivity index (χ2v) is 4.90. The summed E-state index contributed by atoms with van der Waals surface area (Å²) in [4.78, 5) is 23.0. The third kappa shape index (κ3) is 3.39. The number of methoxy groups -OCH3 is 2. The Morgan fingerprint density at radius 2 is 2.05 bits per heavy atom. The van der Waals surface area contributed by atoms with E-state index < -0.39 is 11.9 Å². The highest BCUT2D eigenvalue weighted by molar-refractivity contribution is 6.06. The van der Waals surface area contributed by atoms with Gasteiger partial charge in [-0.1, -0.05) is 12.6 Å². The van der Waals surface area contributed by atoms with E-state index in [9.17, 15) is 9.59 Å². The van der Waals surface area contributed by atoms with E-state index in [1.807, 2.05) is 18.2 Å². The van der Waals surface area contributed by atoms with Crippen LogP contribution in [-0.4, -0.2) is 39.1 Å². The van der Waals surface area contributed by atoms with Crippen molar-refractivity contribution in [1.29, 1.82) is 0 Å². The molecule has 1 aliphatic heterocycles. The minimum absolute atomic E-state index is 0.167. The Balaban J connectivity index is 1.90. The summed E-state index contributed by atoms with van der Waals surface area (Å²) in [6.45, 7) is 4.13. The SMILES string of the molecule is C=C(NCCc1ccc(OC)c(OC)c1)C1C(=O)COC1=O. The van der Waals surface area contributed by atoms with Crippen molar-refractivity contribution in [2.45, 2.75) is 6.42 Å². The molecule has 0 aromatic heterocycles. The van der Waals surface area contributed by atoms with Crippen LogP contribution in [0.5, 0.6) is 11.5 Å². The number of ether oxygens (including phenoxy) is 3. The number of benzene rings is 1. The van der Waals surface area contributed by atoms with E-state index in [-0.39, 0.29) is 12.4 Å². The van der Waals surface area contributed by atoms with Crippen molar-refractivity contribution in [2.75, 3.05) is 27.4 Å². The molecule has 1 atom stereocenters. The third-order valence-electron chi connectivity index (χ3n) is 3.48. The molecule has 1 unspecified atom stereocenters. The summed E-state index contributed by atoms with van der Waals surface area (Å²) in [6.07, 6.45) is 0.690. The summed E-state index contributed by atoms with van der Waals surface area (Å²) in [7, 11) is 3.17. The molecule has 1 N–H and O–H groups in total. The molecule has 0 spiro atoms. The van der Waals surface area contributed by atoms with Gasteiger partial charge in [0.15, 0.2) is 29.8 Å². The van der Waals surface area contributed by atoms with E-state index in [0.717, 1.165) is 5.56 Å². The van der Waals surface area contributed by atoms with Gasteiger partial charge in [0.25, 0.3) is 0 Å². The Morgan fingerprint density at radius 1 is 1.32 bits per heavy atom. The van der Waals surface area contributed by atoms with Crippen molar-refractivity contribution in [3.63, 3.8) is 0 Å². The molecule has 1 heterocycles. The predicted molar refractivity (Wildman–Crippen MR) is 79.8 cm³/mol. The summed E-state index contributed by atoms with van der Waals surface area (Å²) < 4.78 is 15.1. The van der Waals surface area contributed by atoms with E-state index >= 15 is 0 Å². The highest BCUT2D eigenvalue weighted by atomic mass is 16.5. The second kappa shape index (κ2) is 6.98. The van der Waals surface area contributed by atoms with Crippen LogP contribution in [0.15, 0.2) is 30.5 Å². The fourth-order valence-corrected chi connectivity index (χ4v) is 2.28. The molecule has 1 aromatic rings. The maximum Gasteiger partial charge on any atom is 0.323 e. The van der Waals surface area contributed by atoms with Gasteiger partial charge in [-0.05, 0) is 24.1 Å². The molecule has 22 heavy (non-hydrogen) atoms. The third-order valence-corrected chi connectivity index (χ3v) is 3.48. The Kier molecular flexibility index (Phi) is 5.04. The monoisotopic (exact) mass is 305 g/mol. The largest absolute Gasteiger partial charge is 0.493 e. The van der Waals surface area contributed by atoms with Gasteiger partial charge in [0.1, 0.15) is 0 Å². The van der Waals surface area contributed by atoms with Crippen molar-refractivity contribution >= 4 is 11.8 Å². The molecular formula is C16H19NO5. The molecular weight excluding hydrogens is 286 g/mol. The fraction of sp³-hybridized carbons (Fsp3) is 0.375. The zero-order valence-corrected chi connectivity index (χ0v) is 12.7. The van der Waals surface area contributed by atoms with E-state index in [2.05, 4.69) is 11.9 Å². The van der Waals surface area contributed by atoms with Gasteiger partial charge in [-0.25, -0.2) is 0 Å². The lowest BCUT2D eigenvalue weighted by molar-refractivity contribution is -0.140. The number of carbonyl (C=O) groups is 2. The van der Waals surface area contributed by atoms with Crippen LogP contribution in [0.2, 0.25) is 0 Å². The van der Waals surface area contributed by atoms with Gasteiger partial charge >= 0.3 is 5.97 Å². The molecule has 1 fully saturated rings. The highest BCUT2D eigenvalue weighted by Crippen LogP contribution is 2.27. The number of nitrogens with one attached hydrogen (secondary N) is 1. The Labute approximate surface area is 129 Å². The normalized spacial score (nSPS) is 17.1. The molecule has 0 radical (unpaired) electrons. The van der Waals surface area contributed by atoms with Crippen molar-refractivity contribution in [1.82, 2.24) is 5.32 Å². The second-order valence-electron chi connectivity index (χ2n) is 4.90. The van der Waals surface area contributed by atoms with Gasteiger partial charge in [-0.3, -0.25) is 9.59 Å². The topological polar surface area (TPSA) is 73.9 Å². The standard InChI is InChI=1S/C16H19NO5/c1-10(15-12(18)9-22-16(15)19)17-7-6-11-4-5-13(20-2)14(8-11)21-3/h4-5,8,15,17H,1,6-7,9H2,2-3H3. The number of hydrogen-bond acceptors (Lipinski definition) is 6. The number of rotatable bonds is 7. The molecule has 6 heteroatoms. The molecule has 0 saturated carbocycles. The fourth-order valence-electron chi connectivity index (χ4n) is 2.28. The first-order valence-corrected chi connectivity index (χ1v) is 6.89. The van der Waals surface area contributed by atoms with Crippen molar-refractivity contribution in [3.8, 4) is 11.5 Å².